The number of nitrogens with zero attached hydrogens (tertiary/aromatic N) is 1. The molecule has 0 saturated carbocycles. The molecule has 0 amide bonds. The van der Waals surface area contributed by atoms with Crippen LogP contribution in [-0.2, 0) is 0 Å². The SMILES string of the molecule is O=C(c1ccc(Cl)c([N+](=O)[O-])c1)c1cc2ccccc2o1. The molecule has 0 bridgehead atoms. The largest absolute Gasteiger partial charge is 0.453 e. The maximum Gasteiger partial charge on any atom is 0.288 e. The minimum atomic E-state index is -0.627. The highest BCUT2D eigenvalue weighted by molar-refractivity contribution is 6.32. The van der Waals surface area contributed by atoms with Crippen molar-refractivity contribution in [1.29, 1.82) is 0 Å². The molecule has 0 spiro atoms. The second-order valence-electron chi connectivity index (χ2n) is 4.40. The van der Waals surface area contributed by atoms with Crippen LogP contribution in [0.1, 0.15) is 16.1 Å². The molecule has 104 valence electrons. The van der Waals surface area contributed by atoms with Gasteiger partial charge >= 0.3 is 0 Å². The van der Waals surface area contributed by atoms with Gasteiger partial charge in [0.25, 0.3) is 5.69 Å². The highest BCUT2D eigenvalue weighted by Crippen LogP contribution is 2.27. The monoisotopic (exact) mass is 301 g/mol. The maximum absolute atomic E-state index is 12.3. The Kier molecular flexibility index (Phi) is 3.19. The van der Waals surface area contributed by atoms with Gasteiger partial charge in [0.05, 0.1) is 4.92 Å². The smallest absolute Gasteiger partial charge is 0.288 e. The van der Waals surface area contributed by atoms with Crippen molar-refractivity contribution in [3.8, 4) is 0 Å². The number of halogens is 1. The van der Waals surface area contributed by atoms with Crippen molar-refractivity contribution >= 4 is 34.0 Å². The molecular weight excluding hydrogens is 294 g/mol. The molecule has 3 rings (SSSR count). The number of hydrogen-bond donors (Lipinski definition) is 0. The Hall–Kier alpha value is -2.66. The summed E-state index contributed by atoms with van der Waals surface area (Å²) >= 11 is 5.73. The lowest BCUT2D eigenvalue weighted by molar-refractivity contribution is -0.384. The van der Waals surface area contributed by atoms with E-state index in [1.165, 1.54) is 12.1 Å². The predicted octanol–water partition coefficient (Wildman–Crippen LogP) is 4.23. The second-order valence-corrected chi connectivity index (χ2v) is 4.81. The lowest BCUT2D eigenvalue weighted by Gasteiger charge is -1.99. The van der Waals surface area contributed by atoms with E-state index in [1.807, 2.05) is 12.1 Å². The summed E-state index contributed by atoms with van der Waals surface area (Å²) in [4.78, 5) is 22.6. The Morgan fingerprint density at radius 1 is 1.14 bits per heavy atom. The zero-order chi connectivity index (χ0) is 15.0. The van der Waals surface area contributed by atoms with Crippen molar-refractivity contribution in [3.05, 3.63) is 75.0 Å². The topological polar surface area (TPSA) is 73.3 Å². The lowest BCUT2D eigenvalue weighted by Crippen LogP contribution is -2.01. The third-order valence-corrected chi connectivity index (χ3v) is 3.37. The summed E-state index contributed by atoms with van der Waals surface area (Å²) in [5.74, 6) is -0.293. The molecule has 0 unspecified atom stereocenters. The van der Waals surface area contributed by atoms with Crippen LogP contribution in [0, 0.1) is 10.1 Å². The molecule has 0 atom stereocenters. The van der Waals surface area contributed by atoms with E-state index in [-0.39, 0.29) is 22.0 Å². The van der Waals surface area contributed by atoms with Crippen LogP contribution < -0.4 is 0 Å². The van der Waals surface area contributed by atoms with Crippen LogP contribution in [-0.4, -0.2) is 10.7 Å². The van der Waals surface area contributed by atoms with Crippen LogP contribution in [0.15, 0.2) is 52.9 Å². The molecule has 0 saturated heterocycles. The number of benzene rings is 2. The number of para-hydroxylation sites is 1. The Labute approximate surface area is 123 Å². The van der Waals surface area contributed by atoms with Crippen LogP contribution in [0.25, 0.3) is 11.0 Å². The fourth-order valence-corrected chi connectivity index (χ4v) is 2.22. The first-order valence-electron chi connectivity index (χ1n) is 6.03. The standard InChI is InChI=1S/C15H8ClNO4/c16-11-6-5-10(7-12(11)17(19)20)15(18)14-8-9-3-1-2-4-13(9)21-14/h1-8H. The van der Waals surface area contributed by atoms with E-state index in [2.05, 4.69) is 0 Å². The Balaban J connectivity index is 2.05. The Morgan fingerprint density at radius 2 is 1.90 bits per heavy atom. The fourth-order valence-electron chi connectivity index (χ4n) is 2.03. The van der Waals surface area contributed by atoms with Crippen molar-refractivity contribution in [2.24, 2.45) is 0 Å². The molecule has 0 radical (unpaired) electrons. The van der Waals surface area contributed by atoms with Crippen LogP contribution in [0.2, 0.25) is 5.02 Å². The summed E-state index contributed by atoms with van der Waals surface area (Å²) in [6.07, 6.45) is 0. The second kappa shape index (κ2) is 5.03. The molecule has 21 heavy (non-hydrogen) atoms. The summed E-state index contributed by atoms with van der Waals surface area (Å²) < 4.78 is 5.46. The van der Waals surface area contributed by atoms with Gasteiger partial charge in [0.15, 0.2) is 5.76 Å². The van der Waals surface area contributed by atoms with Gasteiger partial charge in [-0.1, -0.05) is 29.8 Å². The Morgan fingerprint density at radius 3 is 2.62 bits per heavy atom. The quantitative estimate of drug-likeness (QED) is 0.412. The zero-order valence-corrected chi connectivity index (χ0v) is 11.3. The van der Waals surface area contributed by atoms with Gasteiger partial charge in [-0.2, -0.15) is 0 Å². The summed E-state index contributed by atoms with van der Waals surface area (Å²) in [6.45, 7) is 0. The van der Waals surface area contributed by atoms with E-state index in [0.29, 0.717) is 5.58 Å². The molecule has 0 aliphatic heterocycles. The van der Waals surface area contributed by atoms with Crippen LogP contribution in [0.5, 0.6) is 0 Å². The summed E-state index contributed by atoms with van der Waals surface area (Å²) in [5.41, 5.74) is 0.438. The number of nitro benzene ring substituents is 1. The molecule has 0 aliphatic rings. The molecule has 1 aromatic heterocycles. The number of ketones is 1. The molecule has 5 nitrogen and oxygen atoms in total. The minimum Gasteiger partial charge on any atom is -0.453 e. The summed E-state index contributed by atoms with van der Waals surface area (Å²) in [7, 11) is 0. The number of nitro groups is 1. The number of carbonyl (C=O) groups excluding carboxylic acids is 1. The minimum absolute atomic E-state index is 0.0128. The van der Waals surface area contributed by atoms with Gasteiger partial charge in [0.1, 0.15) is 10.6 Å². The predicted molar refractivity (Wildman–Crippen MR) is 77.8 cm³/mol. The van der Waals surface area contributed by atoms with Crippen LogP contribution in [0.4, 0.5) is 5.69 Å². The number of fused-ring (bicyclic) bond motifs is 1. The van der Waals surface area contributed by atoms with E-state index in [9.17, 15) is 14.9 Å². The zero-order valence-electron chi connectivity index (χ0n) is 10.6. The molecule has 2 aromatic carbocycles. The first-order chi connectivity index (χ1) is 10.1. The number of rotatable bonds is 3. The van der Waals surface area contributed by atoms with Gasteiger partial charge in [-0.3, -0.25) is 14.9 Å². The van der Waals surface area contributed by atoms with Gasteiger partial charge in [-0.25, -0.2) is 0 Å². The molecule has 1 heterocycles. The molecular formula is C15H8ClNO4. The average Bonchev–Trinajstić information content (AvgIpc) is 2.90. The highest BCUT2D eigenvalue weighted by Gasteiger charge is 2.19. The summed E-state index contributed by atoms with van der Waals surface area (Å²) in [6, 6.07) is 12.7. The van der Waals surface area contributed by atoms with Gasteiger partial charge in [-0.05, 0) is 24.3 Å². The van der Waals surface area contributed by atoms with Crippen LogP contribution >= 0.6 is 11.6 Å². The molecule has 0 aliphatic carbocycles. The average molecular weight is 302 g/mol. The van der Waals surface area contributed by atoms with Crippen molar-refractivity contribution in [1.82, 2.24) is 0 Å². The number of carbonyl (C=O) groups is 1. The van der Waals surface area contributed by atoms with Gasteiger partial charge in [-0.15, -0.1) is 0 Å². The van der Waals surface area contributed by atoms with Crippen molar-refractivity contribution in [3.63, 3.8) is 0 Å². The van der Waals surface area contributed by atoms with Crippen molar-refractivity contribution < 1.29 is 14.1 Å². The summed E-state index contributed by atoms with van der Waals surface area (Å²) in [5, 5.41) is 11.6. The third kappa shape index (κ3) is 2.39. The third-order valence-electron chi connectivity index (χ3n) is 3.05. The Bertz CT molecular complexity index is 836. The fraction of sp³-hybridized carbons (Fsp3) is 0. The van der Waals surface area contributed by atoms with Gasteiger partial charge in [0.2, 0.25) is 5.78 Å². The van der Waals surface area contributed by atoms with Crippen molar-refractivity contribution in [2.75, 3.05) is 0 Å². The number of furan rings is 1. The molecule has 0 fully saturated rings. The van der Waals surface area contributed by atoms with Crippen LogP contribution in [0.3, 0.4) is 0 Å². The maximum atomic E-state index is 12.3. The van der Waals surface area contributed by atoms with E-state index in [4.69, 9.17) is 16.0 Å². The van der Waals surface area contributed by atoms with E-state index < -0.39 is 10.7 Å². The van der Waals surface area contributed by atoms with Gasteiger partial charge in [0, 0.05) is 17.0 Å². The normalized spacial score (nSPS) is 10.7. The van der Waals surface area contributed by atoms with E-state index >= 15 is 0 Å². The van der Waals surface area contributed by atoms with Crippen molar-refractivity contribution in [2.45, 2.75) is 0 Å². The van der Waals surface area contributed by atoms with Gasteiger partial charge < -0.3 is 4.42 Å². The lowest BCUT2D eigenvalue weighted by atomic mass is 10.1. The molecule has 6 heteroatoms. The molecule has 3 aromatic rings. The van der Waals surface area contributed by atoms with E-state index in [1.54, 1.807) is 18.2 Å². The highest BCUT2D eigenvalue weighted by atomic mass is 35.5. The molecule has 0 N–H and O–H groups in total. The first kappa shape index (κ1) is 13.3. The number of hydrogen-bond acceptors (Lipinski definition) is 4. The van der Waals surface area contributed by atoms with E-state index in [0.717, 1.165) is 11.5 Å². The first-order valence-corrected chi connectivity index (χ1v) is 6.41.